The highest BCUT2D eigenvalue weighted by Crippen LogP contribution is 2.34. The van der Waals surface area contributed by atoms with E-state index in [-0.39, 0.29) is 0 Å². The van der Waals surface area contributed by atoms with Crippen molar-refractivity contribution in [3.8, 4) is 11.5 Å². The molecule has 2 heterocycles. The largest absolute Gasteiger partial charge is 0.490 e. The second-order valence-corrected chi connectivity index (χ2v) is 5.92. The minimum Gasteiger partial charge on any atom is -0.490 e. The zero-order chi connectivity index (χ0) is 14.5. The van der Waals surface area contributed by atoms with Crippen LogP contribution >= 0.6 is 0 Å². The van der Waals surface area contributed by atoms with Crippen LogP contribution in [0.15, 0.2) is 18.2 Å². The molecule has 0 saturated carbocycles. The minimum atomic E-state index is 0.591. The van der Waals surface area contributed by atoms with E-state index in [9.17, 15) is 0 Å². The lowest BCUT2D eigenvalue weighted by molar-refractivity contribution is 0.297. The summed E-state index contributed by atoms with van der Waals surface area (Å²) in [7, 11) is 0. The predicted molar refractivity (Wildman–Crippen MR) is 85.6 cm³/mol. The molecule has 2 aliphatic rings. The summed E-state index contributed by atoms with van der Waals surface area (Å²) in [6.07, 6.45) is 4.61. The highest BCUT2D eigenvalue weighted by Gasteiger charge is 2.19. The molecule has 3 rings (SSSR count). The first-order chi connectivity index (χ1) is 10.4. The number of fused-ring (bicyclic) bond motifs is 1. The van der Waals surface area contributed by atoms with E-state index in [0.29, 0.717) is 6.04 Å². The van der Waals surface area contributed by atoms with Gasteiger partial charge in [-0.1, -0.05) is 13.3 Å². The fourth-order valence-corrected chi connectivity index (χ4v) is 3.12. The summed E-state index contributed by atoms with van der Waals surface area (Å²) in [5, 5.41) is 3.66. The van der Waals surface area contributed by atoms with Crippen molar-refractivity contribution in [3.63, 3.8) is 0 Å². The number of benzene rings is 1. The first-order valence-corrected chi connectivity index (χ1v) is 8.25. The van der Waals surface area contributed by atoms with Gasteiger partial charge in [0.15, 0.2) is 11.5 Å². The Bertz CT molecular complexity index is 464. The molecule has 21 heavy (non-hydrogen) atoms. The van der Waals surface area contributed by atoms with Crippen LogP contribution in [0.1, 0.15) is 32.6 Å². The zero-order valence-electron chi connectivity index (χ0n) is 12.9. The van der Waals surface area contributed by atoms with Gasteiger partial charge in [0.05, 0.1) is 13.2 Å². The molecule has 0 amide bonds. The SMILES string of the molecule is CCCC1CN(c2ccc3c(c2)OCCCO3)CCCN1. The van der Waals surface area contributed by atoms with Crippen molar-refractivity contribution in [1.29, 1.82) is 0 Å². The highest BCUT2D eigenvalue weighted by atomic mass is 16.5. The van der Waals surface area contributed by atoms with E-state index in [1.54, 1.807) is 0 Å². The number of anilines is 1. The summed E-state index contributed by atoms with van der Waals surface area (Å²) in [6.45, 7) is 7.05. The standard InChI is InChI=1S/C17H26N2O2/c1-2-5-14-13-19(9-3-8-18-14)15-6-7-16-17(12-15)21-11-4-10-20-16/h6-7,12,14,18H,2-5,8-11,13H2,1H3. The third kappa shape index (κ3) is 3.62. The van der Waals surface area contributed by atoms with E-state index in [2.05, 4.69) is 35.3 Å². The van der Waals surface area contributed by atoms with Crippen molar-refractivity contribution < 1.29 is 9.47 Å². The number of rotatable bonds is 3. The third-order valence-corrected chi connectivity index (χ3v) is 4.21. The molecule has 0 radical (unpaired) electrons. The van der Waals surface area contributed by atoms with Crippen LogP contribution in [0.25, 0.3) is 0 Å². The zero-order valence-corrected chi connectivity index (χ0v) is 12.9. The van der Waals surface area contributed by atoms with Crippen LogP contribution in [0, 0.1) is 0 Å². The molecule has 1 saturated heterocycles. The van der Waals surface area contributed by atoms with Gasteiger partial charge in [-0.05, 0) is 31.5 Å². The molecule has 4 nitrogen and oxygen atoms in total. The number of ether oxygens (including phenoxy) is 2. The molecule has 116 valence electrons. The van der Waals surface area contributed by atoms with Gasteiger partial charge in [-0.3, -0.25) is 0 Å². The van der Waals surface area contributed by atoms with E-state index in [4.69, 9.17) is 9.47 Å². The van der Waals surface area contributed by atoms with E-state index in [0.717, 1.165) is 50.8 Å². The quantitative estimate of drug-likeness (QED) is 0.928. The number of hydrogen-bond acceptors (Lipinski definition) is 4. The molecule has 1 aromatic rings. The van der Waals surface area contributed by atoms with Crippen molar-refractivity contribution in [1.82, 2.24) is 5.32 Å². The Balaban J connectivity index is 1.77. The molecule has 0 bridgehead atoms. The Hall–Kier alpha value is -1.42. The van der Waals surface area contributed by atoms with E-state index >= 15 is 0 Å². The molecule has 1 aromatic carbocycles. The van der Waals surface area contributed by atoms with Gasteiger partial charge < -0.3 is 19.7 Å². The van der Waals surface area contributed by atoms with E-state index < -0.39 is 0 Å². The Morgan fingerprint density at radius 2 is 2.05 bits per heavy atom. The molecular formula is C17H26N2O2. The van der Waals surface area contributed by atoms with Gasteiger partial charge in [-0.25, -0.2) is 0 Å². The molecule has 0 spiro atoms. The average Bonchev–Trinajstić information content (AvgIpc) is 2.87. The first kappa shape index (κ1) is 14.5. The van der Waals surface area contributed by atoms with Crippen molar-refractivity contribution in [2.24, 2.45) is 0 Å². The van der Waals surface area contributed by atoms with Crippen molar-refractivity contribution in [3.05, 3.63) is 18.2 Å². The van der Waals surface area contributed by atoms with Crippen LogP contribution < -0.4 is 19.7 Å². The van der Waals surface area contributed by atoms with Gasteiger partial charge in [0.25, 0.3) is 0 Å². The fraction of sp³-hybridized carbons (Fsp3) is 0.647. The molecule has 1 N–H and O–H groups in total. The lowest BCUT2D eigenvalue weighted by Gasteiger charge is -2.27. The maximum Gasteiger partial charge on any atom is 0.163 e. The Morgan fingerprint density at radius 3 is 2.90 bits per heavy atom. The monoisotopic (exact) mass is 290 g/mol. The summed E-state index contributed by atoms with van der Waals surface area (Å²) in [5.74, 6) is 1.78. The predicted octanol–water partition coefficient (Wildman–Crippen LogP) is 2.82. The summed E-state index contributed by atoms with van der Waals surface area (Å²) in [6, 6.07) is 6.97. The fourth-order valence-electron chi connectivity index (χ4n) is 3.12. The van der Waals surface area contributed by atoms with Gasteiger partial charge in [-0.2, -0.15) is 0 Å². The summed E-state index contributed by atoms with van der Waals surface area (Å²) >= 11 is 0. The molecule has 1 atom stereocenters. The average molecular weight is 290 g/mol. The highest BCUT2D eigenvalue weighted by molar-refractivity contribution is 5.56. The lowest BCUT2D eigenvalue weighted by Crippen LogP contribution is -2.37. The number of nitrogens with zero attached hydrogens (tertiary/aromatic N) is 1. The van der Waals surface area contributed by atoms with Crippen molar-refractivity contribution >= 4 is 5.69 Å². The van der Waals surface area contributed by atoms with Gasteiger partial charge in [-0.15, -0.1) is 0 Å². The van der Waals surface area contributed by atoms with Crippen molar-refractivity contribution in [2.45, 2.75) is 38.6 Å². The molecule has 0 aliphatic carbocycles. The number of nitrogens with one attached hydrogen (secondary N) is 1. The van der Waals surface area contributed by atoms with Gasteiger partial charge >= 0.3 is 0 Å². The molecule has 2 aliphatic heterocycles. The molecule has 0 aromatic heterocycles. The van der Waals surface area contributed by atoms with Gasteiger partial charge in [0.2, 0.25) is 0 Å². The van der Waals surface area contributed by atoms with Crippen LogP contribution in [-0.2, 0) is 0 Å². The molecule has 4 heteroatoms. The second kappa shape index (κ2) is 7.03. The molecular weight excluding hydrogens is 264 g/mol. The summed E-state index contributed by atoms with van der Waals surface area (Å²) in [4.78, 5) is 2.48. The van der Waals surface area contributed by atoms with E-state index in [1.165, 1.54) is 24.9 Å². The maximum absolute atomic E-state index is 5.82. The van der Waals surface area contributed by atoms with Crippen LogP contribution in [0.2, 0.25) is 0 Å². The second-order valence-electron chi connectivity index (χ2n) is 5.92. The van der Waals surface area contributed by atoms with Crippen LogP contribution in [0.3, 0.4) is 0 Å². The Labute approximate surface area is 127 Å². The smallest absolute Gasteiger partial charge is 0.163 e. The van der Waals surface area contributed by atoms with Crippen LogP contribution in [-0.4, -0.2) is 38.9 Å². The Kier molecular flexibility index (Phi) is 4.86. The maximum atomic E-state index is 5.82. The molecule has 1 unspecified atom stereocenters. The van der Waals surface area contributed by atoms with Crippen LogP contribution in [0.4, 0.5) is 5.69 Å². The third-order valence-electron chi connectivity index (χ3n) is 4.21. The number of hydrogen-bond donors (Lipinski definition) is 1. The van der Waals surface area contributed by atoms with Gasteiger partial charge in [0, 0.05) is 37.3 Å². The van der Waals surface area contributed by atoms with E-state index in [1.807, 2.05) is 0 Å². The van der Waals surface area contributed by atoms with Crippen molar-refractivity contribution in [2.75, 3.05) is 37.7 Å². The normalized spacial score (nSPS) is 22.5. The Morgan fingerprint density at radius 1 is 1.19 bits per heavy atom. The minimum absolute atomic E-state index is 0.591. The lowest BCUT2D eigenvalue weighted by atomic mass is 10.1. The molecule has 1 fully saturated rings. The van der Waals surface area contributed by atoms with Crippen LogP contribution in [0.5, 0.6) is 11.5 Å². The first-order valence-electron chi connectivity index (χ1n) is 8.25. The van der Waals surface area contributed by atoms with Gasteiger partial charge in [0.1, 0.15) is 0 Å². The topological polar surface area (TPSA) is 33.7 Å². The summed E-state index contributed by atoms with van der Waals surface area (Å²) < 4.78 is 11.5. The summed E-state index contributed by atoms with van der Waals surface area (Å²) in [5.41, 5.74) is 1.25.